The number of carbonyl (C=O) groups is 2. The first-order valence-electron chi connectivity index (χ1n) is 26.9. The molecule has 0 aliphatic heterocycles. The summed E-state index contributed by atoms with van der Waals surface area (Å²) >= 11 is 0. The van der Waals surface area contributed by atoms with Crippen LogP contribution in [0.3, 0.4) is 0 Å². The van der Waals surface area contributed by atoms with Gasteiger partial charge in [0.15, 0.2) is 0 Å². The van der Waals surface area contributed by atoms with E-state index < -0.39 is 18.2 Å². The maximum Gasteiger partial charge on any atom is 0.306 e. The number of nitrogens with one attached hydrogen (secondary N) is 1. The predicted molar refractivity (Wildman–Crippen MR) is 260 cm³/mol. The monoisotopic (exact) mass is 848 g/mol. The standard InChI is InChI=1S/C54H105NO5/c1-4-7-10-13-16-19-21-23-25-26-28-30-32-35-38-41-44-47-54(59)60-50(45-42-39-36-33-18-15-12-9-6-3)48-53(58)55-51(49-56)52(57)46-43-40-37-34-31-29-27-24-22-20-17-14-11-8-5-2/h23,25,50-52,56-57H,4-22,24,26-49H2,1-3H3,(H,55,58)/b25-23+. The van der Waals surface area contributed by atoms with Crippen LogP contribution < -0.4 is 5.32 Å². The van der Waals surface area contributed by atoms with E-state index in [-0.39, 0.29) is 24.9 Å². The van der Waals surface area contributed by atoms with Crippen molar-refractivity contribution in [2.24, 2.45) is 0 Å². The predicted octanol–water partition coefficient (Wildman–Crippen LogP) is 16.1. The maximum atomic E-state index is 13.2. The Bertz CT molecular complexity index is 909. The molecule has 0 aliphatic rings. The van der Waals surface area contributed by atoms with Gasteiger partial charge in [0.25, 0.3) is 0 Å². The van der Waals surface area contributed by atoms with Crippen molar-refractivity contribution < 1.29 is 24.5 Å². The van der Waals surface area contributed by atoms with Gasteiger partial charge in [-0.25, -0.2) is 0 Å². The lowest BCUT2D eigenvalue weighted by molar-refractivity contribution is -0.151. The summed E-state index contributed by atoms with van der Waals surface area (Å²) < 4.78 is 5.93. The summed E-state index contributed by atoms with van der Waals surface area (Å²) in [6.07, 6.45) is 54.2. The summed E-state index contributed by atoms with van der Waals surface area (Å²) in [6.45, 7) is 6.49. The molecular formula is C54H105NO5. The average molecular weight is 848 g/mol. The van der Waals surface area contributed by atoms with Gasteiger partial charge >= 0.3 is 5.97 Å². The van der Waals surface area contributed by atoms with E-state index >= 15 is 0 Å². The van der Waals surface area contributed by atoms with Crippen LogP contribution in [0.15, 0.2) is 12.2 Å². The van der Waals surface area contributed by atoms with E-state index in [4.69, 9.17) is 4.74 Å². The molecule has 0 aromatic rings. The van der Waals surface area contributed by atoms with Crippen LogP contribution in [0.5, 0.6) is 0 Å². The lowest BCUT2D eigenvalue weighted by Gasteiger charge is -2.24. The van der Waals surface area contributed by atoms with Crippen molar-refractivity contribution in [1.82, 2.24) is 5.32 Å². The molecule has 60 heavy (non-hydrogen) atoms. The highest BCUT2D eigenvalue weighted by Crippen LogP contribution is 2.18. The number of hydrogen-bond acceptors (Lipinski definition) is 5. The first kappa shape index (κ1) is 58.6. The van der Waals surface area contributed by atoms with Gasteiger partial charge in [-0.05, 0) is 51.4 Å². The van der Waals surface area contributed by atoms with Gasteiger partial charge in [0, 0.05) is 6.42 Å². The highest BCUT2D eigenvalue weighted by Gasteiger charge is 2.24. The molecule has 6 nitrogen and oxygen atoms in total. The smallest absolute Gasteiger partial charge is 0.306 e. The Morgan fingerprint density at radius 3 is 1.18 bits per heavy atom. The van der Waals surface area contributed by atoms with Gasteiger partial charge < -0.3 is 20.3 Å². The molecule has 0 bridgehead atoms. The molecular weight excluding hydrogens is 743 g/mol. The number of amides is 1. The minimum Gasteiger partial charge on any atom is -0.462 e. The number of rotatable bonds is 49. The first-order chi connectivity index (χ1) is 29.5. The molecule has 356 valence electrons. The molecule has 3 N–H and O–H groups in total. The van der Waals surface area contributed by atoms with E-state index in [0.29, 0.717) is 19.3 Å². The summed E-state index contributed by atoms with van der Waals surface area (Å²) in [5, 5.41) is 23.8. The summed E-state index contributed by atoms with van der Waals surface area (Å²) in [5.74, 6) is -0.463. The third-order valence-electron chi connectivity index (χ3n) is 12.6. The van der Waals surface area contributed by atoms with E-state index in [9.17, 15) is 19.8 Å². The molecule has 1 amide bonds. The fourth-order valence-electron chi connectivity index (χ4n) is 8.49. The van der Waals surface area contributed by atoms with Crippen molar-refractivity contribution in [2.75, 3.05) is 6.61 Å². The Labute approximate surface area is 374 Å². The minimum absolute atomic E-state index is 0.0825. The van der Waals surface area contributed by atoms with Crippen LogP contribution in [0, 0.1) is 0 Å². The fourth-order valence-corrected chi connectivity index (χ4v) is 8.49. The summed E-state index contributed by atoms with van der Waals surface area (Å²) in [7, 11) is 0. The topological polar surface area (TPSA) is 95.9 Å². The van der Waals surface area contributed by atoms with Crippen LogP contribution in [0.4, 0.5) is 0 Å². The largest absolute Gasteiger partial charge is 0.462 e. The molecule has 3 atom stereocenters. The van der Waals surface area contributed by atoms with E-state index in [1.807, 2.05) is 0 Å². The first-order valence-corrected chi connectivity index (χ1v) is 26.9. The second kappa shape index (κ2) is 48.6. The van der Waals surface area contributed by atoms with Crippen LogP contribution in [-0.2, 0) is 14.3 Å². The van der Waals surface area contributed by atoms with Crippen LogP contribution in [0.2, 0.25) is 0 Å². The third kappa shape index (κ3) is 43.3. The lowest BCUT2D eigenvalue weighted by Crippen LogP contribution is -2.46. The van der Waals surface area contributed by atoms with E-state index in [0.717, 1.165) is 44.9 Å². The molecule has 0 aromatic carbocycles. The second-order valence-corrected chi connectivity index (χ2v) is 18.6. The van der Waals surface area contributed by atoms with Gasteiger partial charge in [0.2, 0.25) is 5.91 Å². The average Bonchev–Trinajstić information content (AvgIpc) is 3.24. The van der Waals surface area contributed by atoms with Crippen molar-refractivity contribution in [3.05, 3.63) is 12.2 Å². The molecule has 0 spiro atoms. The molecule has 0 aromatic heterocycles. The summed E-state index contributed by atoms with van der Waals surface area (Å²) in [4.78, 5) is 26.1. The molecule has 0 rings (SSSR count). The Kier molecular flexibility index (Phi) is 47.5. The number of ether oxygens (including phenoxy) is 1. The zero-order chi connectivity index (χ0) is 43.8. The number of allylic oxidation sites excluding steroid dienone is 2. The van der Waals surface area contributed by atoms with E-state index in [1.165, 1.54) is 205 Å². The molecule has 0 heterocycles. The van der Waals surface area contributed by atoms with Gasteiger partial charge in [-0.2, -0.15) is 0 Å². The Morgan fingerprint density at radius 1 is 0.467 bits per heavy atom. The molecule has 0 radical (unpaired) electrons. The second-order valence-electron chi connectivity index (χ2n) is 18.6. The maximum absolute atomic E-state index is 13.2. The Balaban J connectivity index is 4.39. The highest BCUT2D eigenvalue weighted by molar-refractivity contribution is 5.77. The van der Waals surface area contributed by atoms with Crippen LogP contribution in [0.1, 0.15) is 297 Å². The normalized spacial score (nSPS) is 13.2. The minimum atomic E-state index is -0.782. The van der Waals surface area contributed by atoms with Crippen molar-refractivity contribution in [2.45, 2.75) is 315 Å². The van der Waals surface area contributed by atoms with Crippen LogP contribution in [-0.4, -0.2) is 46.9 Å². The van der Waals surface area contributed by atoms with Gasteiger partial charge in [0.05, 0.1) is 25.2 Å². The highest BCUT2D eigenvalue weighted by atomic mass is 16.5. The van der Waals surface area contributed by atoms with Gasteiger partial charge in [-0.15, -0.1) is 0 Å². The Morgan fingerprint density at radius 2 is 0.800 bits per heavy atom. The number of carbonyl (C=O) groups excluding carboxylic acids is 2. The third-order valence-corrected chi connectivity index (χ3v) is 12.6. The van der Waals surface area contributed by atoms with Crippen molar-refractivity contribution in [3.63, 3.8) is 0 Å². The number of esters is 1. The molecule has 0 saturated heterocycles. The van der Waals surface area contributed by atoms with E-state index in [2.05, 4.69) is 38.2 Å². The van der Waals surface area contributed by atoms with Crippen molar-refractivity contribution >= 4 is 11.9 Å². The van der Waals surface area contributed by atoms with Crippen molar-refractivity contribution in [3.8, 4) is 0 Å². The van der Waals surface area contributed by atoms with Crippen LogP contribution in [0.25, 0.3) is 0 Å². The zero-order valence-corrected chi connectivity index (χ0v) is 40.6. The number of hydrogen-bond donors (Lipinski definition) is 3. The summed E-state index contributed by atoms with van der Waals surface area (Å²) in [6, 6.07) is -0.695. The number of aliphatic hydroxyl groups is 2. The SMILES string of the molecule is CCCCCCCC/C=C/CCCCCCCCCC(=O)OC(CCCCCCCCCCC)CC(=O)NC(CO)C(O)CCCCCCCCCCCCCCCCC. The molecule has 0 saturated carbocycles. The molecule has 0 fully saturated rings. The van der Waals surface area contributed by atoms with Crippen molar-refractivity contribution in [1.29, 1.82) is 0 Å². The van der Waals surface area contributed by atoms with E-state index in [1.54, 1.807) is 0 Å². The lowest BCUT2D eigenvalue weighted by atomic mass is 10.0. The van der Waals surface area contributed by atoms with Gasteiger partial charge in [-0.3, -0.25) is 9.59 Å². The number of aliphatic hydroxyl groups excluding tert-OH is 2. The van der Waals surface area contributed by atoms with Gasteiger partial charge in [-0.1, -0.05) is 245 Å². The summed E-state index contributed by atoms with van der Waals surface area (Å²) in [5.41, 5.74) is 0. The fraction of sp³-hybridized carbons (Fsp3) is 0.926. The van der Waals surface area contributed by atoms with Gasteiger partial charge in [0.1, 0.15) is 6.10 Å². The Hall–Kier alpha value is -1.40. The van der Waals surface area contributed by atoms with Crippen LogP contribution >= 0.6 is 0 Å². The number of unbranched alkanes of at least 4 members (excludes halogenated alkanes) is 35. The zero-order valence-electron chi connectivity index (χ0n) is 40.6. The quantitative estimate of drug-likeness (QED) is 0.0322. The molecule has 3 unspecified atom stereocenters. The molecule has 6 heteroatoms. The molecule has 0 aliphatic carbocycles.